The predicted octanol–water partition coefficient (Wildman–Crippen LogP) is 3.79. The summed E-state index contributed by atoms with van der Waals surface area (Å²) in [4.78, 5) is 0. The summed E-state index contributed by atoms with van der Waals surface area (Å²) in [5, 5.41) is 8.02. The second-order valence-corrected chi connectivity index (χ2v) is 5.91. The van der Waals surface area contributed by atoms with E-state index < -0.39 is 0 Å². The first-order valence-electron chi connectivity index (χ1n) is 6.24. The summed E-state index contributed by atoms with van der Waals surface area (Å²) in [6, 6.07) is 4.44. The van der Waals surface area contributed by atoms with Crippen molar-refractivity contribution in [2.24, 2.45) is 7.05 Å². The summed E-state index contributed by atoms with van der Waals surface area (Å²) in [6.07, 6.45) is 0.617. The standard InChI is InChI=1S/C14H16BrClFN3/c1-8-14(15)13(20(3)19-8)7-12(18-2)10-6-9(16)4-5-11(10)17/h4-6,12,18H,7H2,1-3H3. The van der Waals surface area contributed by atoms with Gasteiger partial charge in [0.1, 0.15) is 5.82 Å². The Hall–Kier alpha value is -0.910. The number of aromatic nitrogens is 2. The third-order valence-electron chi connectivity index (χ3n) is 3.34. The molecule has 0 amide bonds. The van der Waals surface area contributed by atoms with E-state index in [0.29, 0.717) is 17.0 Å². The molecule has 0 bridgehead atoms. The summed E-state index contributed by atoms with van der Waals surface area (Å²) in [7, 11) is 3.69. The molecule has 6 heteroatoms. The second kappa shape index (κ2) is 6.24. The molecule has 20 heavy (non-hydrogen) atoms. The van der Waals surface area contributed by atoms with Gasteiger partial charge in [-0.3, -0.25) is 4.68 Å². The Morgan fingerprint density at radius 2 is 2.20 bits per heavy atom. The van der Waals surface area contributed by atoms with Gasteiger partial charge in [-0.1, -0.05) is 11.6 Å². The molecule has 1 unspecified atom stereocenters. The lowest BCUT2D eigenvalue weighted by Crippen LogP contribution is -2.21. The number of benzene rings is 1. The molecule has 0 radical (unpaired) electrons. The van der Waals surface area contributed by atoms with Crippen LogP contribution in [-0.4, -0.2) is 16.8 Å². The first kappa shape index (κ1) is 15.5. The van der Waals surface area contributed by atoms with Gasteiger partial charge in [-0.15, -0.1) is 0 Å². The lowest BCUT2D eigenvalue weighted by molar-refractivity contribution is 0.519. The molecule has 2 aromatic rings. The van der Waals surface area contributed by atoms with E-state index in [0.717, 1.165) is 15.9 Å². The van der Waals surface area contributed by atoms with Gasteiger partial charge in [0.25, 0.3) is 0 Å². The van der Waals surface area contributed by atoms with Gasteiger partial charge in [0.05, 0.1) is 15.9 Å². The molecule has 1 heterocycles. The van der Waals surface area contributed by atoms with Gasteiger partial charge in [0.15, 0.2) is 0 Å². The molecule has 1 aromatic heterocycles. The van der Waals surface area contributed by atoms with Crippen molar-refractivity contribution in [1.82, 2.24) is 15.1 Å². The number of halogens is 3. The molecule has 0 saturated carbocycles. The van der Waals surface area contributed by atoms with Crippen LogP contribution in [0.15, 0.2) is 22.7 Å². The van der Waals surface area contributed by atoms with Crippen molar-refractivity contribution < 1.29 is 4.39 Å². The highest BCUT2D eigenvalue weighted by Gasteiger charge is 2.19. The van der Waals surface area contributed by atoms with Crippen molar-refractivity contribution in [3.63, 3.8) is 0 Å². The second-order valence-electron chi connectivity index (χ2n) is 4.68. The third-order valence-corrected chi connectivity index (χ3v) is 4.61. The number of rotatable bonds is 4. The van der Waals surface area contributed by atoms with Crippen LogP contribution in [0.1, 0.15) is 23.0 Å². The average Bonchev–Trinajstić information content (AvgIpc) is 2.65. The Kier molecular flexibility index (Phi) is 4.83. The van der Waals surface area contributed by atoms with Gasteiger partial charge in [-0.25, -0.2) is 4.39 Å². The van der Waals surface area contributed by atoms with Crippen LogP contribution in [0.4, 0.5) is 4.39 Å². The topological polar surface area (TPSA) is 29.9 Å². The molecule has 1 atom stereocenters. The van der Waals surface area contributed by atoms with Gasteiger partial charge in [-0.05, 0) is 48.1 Å². The van der Waals surface area contributed by atoms with Crippen molar-refractivity contribution in [2.45, 2.75) is 19.4 Å². The van der Waals surface area contributed by atoms with Gasteiger partial charge >= 0.3 is 0 Å². The summed E-state index contributed by atoms with van der Waals surface area (Å²) in [5.74, 6) is -0.260. The normalized spacial score (nSPS) is 12.7. The maximum absolute atomic E-state index is 14.0. The number of hydrogen-bond donors (Lipinski definition) is 1. The van der Waals surface area contributed by atoms with Crippen LogP contribution < -0.4 is 5.32 Å². The number of nitrogens with zero attached hydrogens (tertiary/aromatic N) is 2. The Morgan fingerprint density at radius 1 is 1.50 bits per heavy atom. The summed E-state index contributed by atoms with van der Waals surface area (Å²) in [6.45, 7) is 1.93. The zero-order valence-electron chi connectivity index (χ0n) is 11.5. The lowest BCUT2D eigenvalue weighted by atomic mass is 10.0. The Labute approximate surface area is 131 Å². The van der Waals surface area contributed by atoms with Crippen molar-refractivity contribution in [3.05, 3.63) is 50.5 Å². The fourth-order valence-corrected chi connectivity index (χ4v) is 2.92. The Balaban J connectivity index is 2.36. The monoisotopic (exact) mass is 359 g/mol. The number of likely N-dealkylation sites (N-methyl/N-ethyl adjacent to an activating group) is 1. The van der Waals surface area contributed by atoms with Crippen molar-refractivity contribution in [3.8, 4) is 0 Å². The highest BCUT2D eigenvalue weighted by molar-refractivity contribution is 9.10. The van der Waals surface area contributed by atoms with Crippen molar-refractivity contribution in [1.29, 1.82) is 0 Å². The summed E-state index contributed by atoms with van der Waals surface area (Å²) >= 11 is 9.50. The summed E-state index contributed by atoms with van der Waals surface area (Å²) in [5.41, 5.74) is 2.50. The molecular formula is C14H16BrClFN3. The highest BCUT2D eigenvalue weighted by Crippen LogP contribution is 2.28. The smallest absolute Gasteiger partial charge is 0.128 e. The molecule has 3 nitrogen and oxygen atoms in total. The summed E-state index contributed by atoms with van der Waals surface area (Å²) < 4.78 is 16.8. The van der Waals surface area contributed by atoms with Crippen LogP contribution in [0, 0.1) is 12.7 Å². The largest absolute Gasteiger partial charge is 0.313 e. The zero-order valence-corrected chi connectivity index (χ0v) is 13.9. The average molecular weight is 361 g/mol. The molecule has 0 saturated heterocycles. The minimum atomic E-state index is -0.260. The number of nitrogens with one attached hydrogen (secondary N) is 1. The van der Waals surface area contributed by atoms with E-state index in [1.807, 2.05) is 25.7 Å². The first-order valence-corrected chi connectivity index (χ1v) is 7.41. The maximum Gasteiger partial charge on any atom is 0.128 e. The molecule has 0 aliphatic carbocycles. The SMILES string of the molecule is CNC(Cc1c(Br)c(C)nn1C)c1cc(Cl)ccc1F. The number of aryl methyl sites for hydroxylation is 2. The fourth-order valence-electron chi connectivity index (χ4n) is 2.24. The predicted molar refractivity (Wildman–Crippen MR) is 82.6 cm³/mol. The molecule has 0 aliphatic rings. The van der Waals surface area contributed by atoms with Gasteiger partial charge in [0, 0.05) is 30.1 Å². The van der Waals surface area contributed by atoms with Crippen molar-refractivity contribution in [2.75, 3.05) is 7.05 Å². The maximum atomic E-state index is 14.0. The van der Waals surface area contributed by atoms with E-state index in [-0.39, 0.29) is 11.9 Å². The molecule has 0 fully saturated rings. The highest BCUT2D eigenvalue weighted by atomic mass is 79.9. The van der Waals surface area contributed by atoms with E-state index in [4.69, 9.17) is 11.6 Å². The van der Waals surface area contributed by atoms with Crippen LogP contribution >= 0.6 is 27.5 Å². The van der Waals surface area contributed by atoms with Crippen molar-refractivity contribution >= 4 is 27.5 Å². The van der Waals surface area contributed by atoms with Crippen LogP contribution in [0.25, 0.3) is 0 Å². The molecule has 2 rings (SSSR count). The van der Waals surface area contributed by atoms with E-state index in [1.165, 1.54) is 6.07 Å². The van der Waals surface area contributed by atoms with E-state index in [1.54, 1.807) is 12.1 Å². The number of hydrogen-bond acceptors (Lipinski definition) is 2. The Morgan fingerprint density at radius 3 is 2.75 bits per heavy atom. The fraction of sp³-hybridized carbons (Fsp3) is 0.357. The quantitative estimate of drug-likeness (QED) is 0.899. The van der Waals surface area contributed by atoms with E-state index >= 15 is 0 Å². The van der Waals surface area contributed by atoms with Gasteiger partial charge < -0.3 is 5.32 Å². The van der Waals surface area contributed by atoms with Crippen LogP contribution in [0.5, 0.6) is 0 Å². The van der Waals surface area contributed by atoms with Crippen LogP contribution in [0.2, 0.25) is 5.02 Å². The molecular weight excluding hydrogens is 345 g/mol. The van der Waals surface area contributed by atoms with Gasteiger partial charge in [-0.2, -0.15) is 5.10 Å². The Bertz CT molecular complexity index is 627. The molecule has 0 spiro atoms. The molecule has 1 aromatic carbocycles. The molecule has 0 aliphatic heterocycles. The third kappa shape index (κ3) is 3.05. The molecule has 1 N–H and O–H groups in total. The van der Waals surface area contributed by atoms with E-state index in [9.17, 15) is 4.39 Å². The van der Waals surface area contributed by atoms with Crippen LogP contribution in [-0.2, 0) is 13.5 Å². The van der Waals surface area contributed by atoms with Gasteiger partial charge in [0.2, 0.25) is 0 Å². The zero-order chi connectivity index (χ0) is 14.9. The minimum Gasteiger partial charge on any atom is -0.313 e. The van der Waals surface area contributed by atoms with Crippen LogP contribution in [0.3, 0.4) is 0 Å². The molecule has 108 valence electrons. The lowest BCUT2D eigenvalue weighted by Gasteiger charge is -2.18. The minimum absolute atomic E-state index is 0.167. The van der Waals surface area contributed by atoms with E-state index in [2.05, 4.69) is 26.3 Å². The first-order chi connectivity index (χ1) is 9.43.